The van der Waals surface area contributed by atoms with Gasteiger partial charge in [0.1, 0.15) is 0 Å². The van der Waals surface area contributed by atoms with E-state index in [9.17, 15) is 9.59 Å². The molecule has 7 heteroatoms. The zero-order valence-electron chi connectivity index (χ0n) is 14.0. The van der Waals surface area contributed by atoms with Crippen LogP contribution in [0.1, 0.15) is 33.9 Å². The molecule has 132 valence electrons. The minimum Gasteiger partial charge on any atom is -0.375 e. The zero-order chi connectivity index (χ0) is 18.0. The molecule has 25 heavy (non-hydrogen) atoms. The van der Waals surface area contributed by atoms with Crippen molar-refractivity contribution in [1.82, 2.24) is 4.90 Å². The number of ether oxygens (including phenoxy) is 1. The Morgan fingerprint density at radius 3 is 2.84 bits per heavy atom. The third-order valence-corrected chi connectivity index (χ3v) is 5.27. The van der Waals surface area contributed by atoms with Crippen LogP contribution in [0.5, 0.6) is 0 Å². The molecule has 1 aliphatic rings. The maximum absolute atomic E-state index is 12.9. The van der Waals surface area contributed by atoms with E-state index in [2.05, 4.69) is 5.32 Å². The summed E-state index contributed by atoms with van der Waals surface area (Å²) in [7, 11) is 0. The van der Waals surface area contributed by atoms with Crippen LogP contribution in [0.25, 0.3) is 0 Å². The molecule has 2 heterocycles. The summed E-state index contributed by atoms with van der Waals surface area (Å²) < 4.78 is 5.57. The summed E-state index contributed by atoms with van der Waals surface area (Å²) in [4.78, 5) is 27.5. The number of morpholine rings is 1. The third kappa shape index (κ3) is 4.03. The number of anilines is 1. The van der Waals surface area contributed by atoms with Gasteiger partial charge in [-0.05, 0) is 43.5 Å². The number of carbonyl (C=O) groups is 2. The second kappa shape index (κ2) is 7.56. The Kier molecular flexibility index (Phi) is 5.42. The molecule has 2 aromatic rings. The van der Waals surface area contributed by atoms with Crippen molar-refractivity contribution >= 4 is 40.4 Å². The fourth-order valence-corrected chi connectivity index (χ4v) is 3.48. The van der Waals surface area contributed by atoms with E-state index in [4.69, 9.17) is 16.3 Å². The van der Waals surface area contributed by atoms with Gasteiger partial charge in [0.15, 0.2) is 0 Å². The second-order valence-electron chi connectivity index (χ2n) is 6.08. The summed E-state index contributed by atoms with van der Waals surface area (Å²) in [5.74, 6) is -0.333. The van der Waals surface area contributed by atoms with Crippen LogP contribution in [0.4, 0.5) is 5.69 Å². The van der Waals surface area contributed by atoms with Crippen LogP contribution < -0.4 is 5.32 Å². The van der Waals surface area contributed by atoms with E-state index in [-0.39, 0.29) is 24.0 Å². The van der Waals surface area contributed by atoms with E-state index in [0.29, 0.717) is 34.3 Å². The number of thiophene rings is 1. The van der Waals surface area contributed by atoms with Gasteiger partial charge in [-0.2, -0.15) is 0 Å². The van der Waals surface area contributed by atoms with Crippen molar-refractivity contribution < 1.29 is 14.3 Å². The number of nitrogens with zero attached hydrogens (tertiary/aromatic N) is 1. The fourth-order valence-electron chi connectivity index (χ4n) is 2.70. The Bertz CT molecular complexity index is 779. The lowest BCUT2D eigenvalue weighted by Gasteiger charge is -2.36. The molecule has 2 unspecified atom stereocenters. The molecule has 1 fully saturated rings. The number of carbonyl (C=O) groups excluding carboxylic acids is 2. The number of rotatable bonds is 3. The Labute approximate surface area is 155 Å². The van der Waals surface area contributed by atoms with E-state index in [1.54, 1.807) is 29.2 Å². The van der Waals surface area contributed by atoms with Crippen molar-refractivity contribution in [2.75, 3.05) is 18.5 Å². The smallest absolute Gasteiger partial charge is 0.265 e. The van der Waals surface area contributed by atoms with Crippen LogP contribution in [-0.2, 0) is 4.74 Å². The van der Waals surface area contributed by atoms with E-state index in [0.717, 1.165) is 0 Å². The van der Waals surface area contributed by atoms with Crippen LogP contribution >= 0.6 is 22.9 Å². The van der Waals surface area contributed by atoms with Crippen LogP contribution in [0.15, 0.2) is 35.7 Å². The van der Waals surface area contributed by atoms with Crippen LogP contribution in [0.3, 0.4) is 0 Å². The minimum absolute atomic E-state index is 0.00328. The first kappa shape index (κ1) is 17.9. The van der Waals surface area contributed by atoms with E-state index < -0.39 is 0 Å². The minimum atomic E-state index is -0.241. The van der Waals surface area contributed by atoms with Crippen LogP contribution in [-0.4, -0.2) is 42.0 Å². The highest BCUT2D eigenvalue weighted by atomic mass is 35.5. The van der Waals surface area contributed by atoms with Gasteiger partial charge in [0.25, 0.3) is 11.8 Å². The highest BCUT2D eigenvalue weighted by Crippen LogP contribution is 2.26. The summed E-state index contributed by atoms with van der Waals surface area (Å²) >= 11 is 7.53. The van der Waals surface area contributed by atoms with E-state index in [1.165, 1.54) is 11.3 Å². The van der Waals surface area contributed by atoms with Gasteiger partial charge >= 0.3 is 0 Å². The van der Waals surface area contributed by atoms with Crippen molar-refractivity contribution in [3.05, 3.63) is 51.2 Å². The number of benzene rings is 1. The van der Waals surface area contributed by atoms with Crippen molar-refractivity contribution in [3.8, 4) is 0 Å². The van der Waals surface area contributed by atoms with Gasteiger partial charge in [-0.1, -0.05) is 17.7 Å². The normalized spacial score (nSPS) is 20.4. The lowest BCUT2D eigenvalue weighted by Crippen LogP contribution is -2.50. The molecule has 2 amide bonds. The summed E-state index contributed by atoms with van der Waals surface area (Å²) in [6, 6.07) is 8.49. The average Bonchev–Trinajstić information content (AvgIpc) is 3.13. The Morgan fingerprint density at radius 2 is 2.12 bits per heavy atom. The monoisotopic (exact) mass is 378 g/mol. The molecular formula is C18H19ClN2O3S. The van der Waals surface area contributed by atoms with Gasteiger partial charge in [0, 0.05) is 12.1 Å². The predicted octanol–water partition coefficient (Wildman–Crippen LogP) is 3.90. The largest absolute Gasteiger partial charge is 0.375 e. The maximum atomic E-state index is 12.9. The summed E-state index contributed by atoms with van der Waals surface area (Å²) in [5.41, 5.74) is 0.923. The standard InChI is InChI=1S/C18H19ClN2O3S/c1-11-10-24-12(2)9-21(11)18(23)13-5-6-14(19)15(8-13)20-17(22)16-4-3-7-25-16/h3-8,11-12H,9-10H2,1-2H3,(H,20,22). The van der Waals surface area contributed by atoms with Gasteiger partial charge in [-0.25, -0.2) is 0 Å². The highest BCUT2D eigenvalue weighted by Gasteiger charge is 2.28. The first-order valence-corrected chi connectivity index (χ1v) is 9.28. The van der Waals surface area contributed by atoms with Crippen LogP contribution in [0, 0.1) is 0 Å². The Morgan fingerprint density at radius 1 is 1.32 bits per heavy atom. The van der Waals surface area contributed by atoms with E-state index in [1.807, 2.05) is 25.3 Å². The molecule has 2 atom stereocenters. The van der Waals surface area contributed by atoms with Crippen molar-refractivity contribution in [2.45, 2.75) is 26.0 Å². The molecule has 0 spiro atoms. The predicted molar refractivity (Wildman–Crippen MR) is 99.6 cm³/mol. The second-order valence-corrected chi connectivity index (χ2v) is 7.43. The Balaban J connectivity index is 1.81. The molecule has 5 nitrogen and oxygen atoms in total. The lowest BCUT2D eigenvalue weighted by atomic mass is 10.1. The first-order valence-electron chi connectivity index (χ1n) is 8.02. The summed E-state index contributed by atoms with van der Waals surface area (Å²) in [6.07, 6.45) is 0.00505. The molecular weight excluding hydrogens is 360 g/mol. The third-order valence-electron chi connectivity index (χ3n) is 4.08. The molecule has 1 aliphatic heterocycles. The van der Waals surface area contributed by atoms with Crippen molar-refractivity contribution in [1.29, 1.82) is 0 Å². The SMILES string of the molecule is CC1CN(C(=O)c2ccc(Cl)c(NC(=O)c3cccs3)c2)C(C)CO1. The fraction of sp³-hybridized carbons (Fsp3) is 0.333. The molecule has 1 aromatic carbocycles. The van der Waals surface area contributed by atoms with Gasteiger partial charge in [-0.3, -0.25) is 9.59 Å². The molecule has 1 saturated heterocycles. The number of amides is 2. The molecule has 0 bridgehead atoms. The highest BCUT2D eigenvalue weighted by molar-refractivity contribution is 7.12. The summed E-state index contributed by atoms with van der Waals surface area (Å²) in [5, 5.41) is 5.00. The molecule has 0 radical (unpaired) electrons. The topological polar surface area (TPSA) is 58.6 Å². The number of halogens is 1. The maximum Gasteiger partial charge on any atom is 0.265 e. The van der Waals surface area contributed by atoms with E-state index >= 15 is 0 Å². The van der Waals surface area contributed by atoms with Gasteiger partial charge in [0.2, 0.25) is 0 Å². The molecule has 0 saturated carbocycles. The first-order chi connectivity index (χ1) is 12.0. The molecule has 1 N–H and O–H groups in total. The number of hydrogen-bond donors (Lipinski definition) is 1. The molecule has 3 rings (SSSR count). The quantitative estimate of drug-likeness (QED) is 0.881. The number of nitrogens with one attached hydrogen (secondary N) is 1. The van der Waals surface area contributed by atoms with Gasteiger partial charge in [-0.15, -0.1) is 11.3 Å². The lowest BCUT2D eigenvalue weighted by molar-refractivity contribution is -0.0387. The number of hydrogen-bond acceptors (Lipinski definition) is 4. The van der Waals surface area contributed by atoms with Gasteiger partial charge in [0.05, 0.1) is 34.3 Å². The summed E-state index contributed by atoms with van der Waals surface area (Å²) in [6.45, 7) is 4.96. The zero-order valence-corrected chi connectivity index (χ0v) is 15.6. The van der Waals surface area contributed by atoms with Crippen molar-refractivity contribution in [3.63, 3.8) is 0 Å². The van der Waals surface area contributed by atoms with Crippen LogP contribution in [0.2, 0.25) is 5.02 Å². The molecule has 0 aliphatic carbocycles. The Hall–Kier alpha value is -1.89. The van der Waals surface area contributed by atoms with Crippen molar-refractivity contribution in [2.24, 2.45) is 0 Å². The molecule has 1 aromatic heterocycles. The van der Waals surface area contributed by atoms with Gasteiger partial charge < -0.3 is 15.0 Å². The average molecular weight is 379 g/mol.